The highest BCUT2D eigenvalue weighted by Gasteiger charge is 2.26. The average molecular weight is 300 g/mol. The van der Waals surface area contributed by atoms with Gasteiger partial charge in [0.15, 0.2) is 0 Å². The van der Waals surface area contributed by atoms with Gasteiger partial charge in [-0.15, -0.1) is 0 Å². The second-order valence-electron chi connectivity index (χ2n) is 5.26. The predicted molar refractivity (Wildman–Crippen MR) is 76.4 cm³/mol. The summed E-state index contributed by atoms with van der Waals surface area (Å²) in [5.74, 6) is -1.38. The third-order valence-electron chi connectivity index (χ3n) is 2.90. The number of hydrogen-bond acceptors (Lipinski definition) is 6. The monoisotopic (exact) mass is 300 g/mol. The van der Waals surface area contributed by atoms with Crippen LogP contribution in [0.4, 0.5) is 0 Å². The molecule has 0 atom stereocenters. The number of ether oxygens (including phenoxy) is 3. The fourth-order valence-electron chi connectivity index (χ4n) is 1.05. The fraction of sp³-hybridized carbons (Fsp3) is 0.667. The van der Waals surface area contributed by atoms with Gasteiger partial charge < -0.3 is 14.2 Å². The molecule has 0 aliphatic heterocycles. The first-order chi connectivity index (χ1) is 9.70. The first-order valence-electron chi connectivity index (χ1n) is 6.86. The molecule has 0 N–H and O–H groups in total. The molecular formula is C15H24O6. The van der Waals surface area contributed by atoms with E-state index in [2.05, 4.69) is 6.58 Å². The molecule has 0 radical (unpaired) electrons. The molecule has 0 aromatic heterocycles. The van der Waals surface area contributed by atoms with Gasteiger partial charge in [0.25, 0.3) is 0 Å². The lowest BCUT2D eigenvalue weighted by Crippen LogP contribution is -2.27. The van der Waals surface area contributed by atoms with Crippen LogP contribution in [0.5, 0.6) is 0 Å². The summed E-state index contributed by atoms with van der Waals surface area (Å²) in [5, 5.41) is 0. The van der Waals surface area contributed by atoms with Crippen molar-refractivity contribution in [2.45, 2.75) is 40.5 Å². The highest BCUT2D eigenvalue weighted by Crippen LogP contribution is 2.21. The molecule has 0 spiro atoms. The SMILES string of the molecule is C=C(C)C(=O)OCCC(=O)OCCOC(=O)C(C)(C)CC. The zero-order chi connectivity index (χ0) is 16.5. The van der Waals surface area contributed by atoms with Crippen LogP contribution in [0.2, 0.25) is 0 Å². The second-order valence-corrected chi connectivity index (χ2v) is 5.26. The Bertz CT molecular complexity index is 397. The Hall–Kier alpha value is -1.85. The van der Waals surface area contributed by atoms with E-state index in [4.69, 9.17) is 14.2 Å². The summed E-state index contributed by atoms with van der Waals surface area (Å²) in [6.45, 7) is 10.3. The van der Waals surface area contributed by atoms with Crippen molar-refractivity contribution < 1.29 is 28.6 Å². The first kappa shape index (κ1) is 19.1. The number of carbonyl (C=O) groups excluding carboxylic acids is 3. The van der Waals surface area contributed by atoms with Crippen molar-refractivity contribution in [3.63, 3.8) is 0 Å². The van der Waals surface area contributed by atoms with Gasteiger partial charge in [-0.3, -0.25) is 9.59 Å². The van der Waals surface area contributed by atoms with Crippen LogP contribution in [-0.2, 0) is 28.6 Å². The van der Waals surface area contributed by atoms with Crippen LogP contribution in [0.15, 0.2) is 12.2 Å². The molecule has 0 saturated carbocycles. The van der Waals surface area contributed by atoms with E-state index in [1.807, 2.05) is 6.92 Å². The second kappa shape index (κ2) is 9.15. The van der Waals surface area contributed by atoms with E-state index < -0.39 is 17.4 Å². The van der Waals surface area contributed by atoms with Crippen molar-refractivity contribution in [2.24, 2.45) is 5.41 Å². The van der Waals surface area contributed by atoms with Gasteiger partial charge in [-0.05, 0) is 27.2 Å². The minimum Gasteiger partial charge on any atom is -0.462 e. The first-order valence-corrected chi connectivity index (χ1v) is 6.86. The Morgan fingerprint density at radius 1 is 1.00 bits per heavy atom. The third kappa shape index (κ3) is 8.12. The highest BCUT2D eigenvalue weighted by atomic mass is 16.6. The summed E-state index contributed by atoms with van der Waals surface area (Å²) in [4.78, 5) is 34.0. The molecular weight excluding hydrogens is 276 g/mol. The van der Waals surface area contributed by atoms with Crippen LogP contribution in [0.25, 0.3) is 0 Å². The maximum atomic E-state index is 11.6. The van der Waals surface area contributed by atoms with E-state index >= 15 is 0 Å². The Kier molecular flexibility index (Phi) is 8.35. The molecule has 0 aliphatic carbocycles. The zero-order valence-corrected chi connectivity index (χ0v) is 13.2. The molecule has 0 fully saturated rings. The molecule has 0 heterocycles. The van der Waals surface area contributed by atoms with Gasteiger partial charge in [0.1, 0.15) is 19.8 Å². The fourth-order valence-corrected chi connectivity index (χ4v) is 1.05. The molecule has 6 heteroatoms. The van der Waals surface area contributed by atoms with Crippen molar-refractivity contribution >= 4 is 17.9 Å². The van der Waals surface area contributed by atoms with E-state index in [1.54, 1.807) is 13.8 Å². The van der Waals surface area contributed by atoms with Crippen molar-refractivity contribution in [1.82, 2.24) is 0 Å². The highest BCUT2D eigenvalue weighted by molar-refractivity contribution is 5.87. The van der Waals surface area contributed by atoms with Crippen molar-refractivity contribution in [3.8, 4) is 0 Å². The summed E-state index contributed by atoms with van der Waals surface area (Å²) >= 11 is 0. The predicted octanol–water partition coefficient (Wildman–Crippen LogP) is 2.02. The summed E-state index contributed by atoms with van der Waals surface area (Å²) in [6, 6.07) is 0. The molecule has 0 unspecified atom stereocenters. The Morgan fingerprint density at radius 2 is 1.57 bits per heavy atom. The molecule has 21 heavy (non-hydrogen) atoms. The molecule has 0 bridgehead atoms. The summed E-state index contributed by atoms with van der Waals surface area (Å²) < 4.78 is 14.6. The Balaban J connectivity index is 3.74. The molecule has 0 aromatic carbocycles. The molecule has 0 saturated heterocycles. The maximum Gasteiger partial charge on any atom is 0.333 e. The smallest absolute Gasteiger partial charge is 0.333 e. The molecule has 6 nitrogen and oxygen atoms in total. The summed E-state index contributed by atoms with van der Waals surface area (Å²) in [6.07, 6.45) is 0.618. The Morgan fingerprint density at radius 3 is 2.10 bits per heavy atom. The van der Waals surface area contributed by atoms with E-state index in [0.29, 0.717) is 6.42 Å². The van der Waals surface area contributed by atoms with Crippen molar-refractivity contribution in [3.05, 3.63) is 12.2 Å². The normalized spacial score (nSPS) is 10.7. The quantitative estimate of drug-likeness (QED) is 0.280. The largest absolute Gasteiger partial charge is 0.462 e. The minimum atomic E-state index is -0.543. The van der Waals surface area contributed by atoms with Gasteiger partial charge in [0.2, 0.25) is 0 Å². The standard InChI is InChI=1S/C15H24O6/c1-6-15(4,5)14(18)21-10-9-19-12(16)7-8-20-13(17)11(2)3/h2,6-10H2,1,3-5H3. The van der Waals surface area contributed by atoms with Crippen LogP contribution >= 0.6 is 0 Å². The van der Waals surface area contributed by atoms with Gasteiger partial charge in [-0.1, -0.05) is 13.5 Å². The van der Waals surface area contributed by atoms with Gasteiger partial charge in [-0.2, -0.15) is 0 Å². The van der Waals surface area contributed by atoms with E-state index in [-0.39, 0.29) is 37.8 Å². The van der Waals surface area contributed by atoms with E-state index in [9.17, 15) is 14.4 Å². The lowest BCUT2D eigenvalue weighted by atomic mass is 9.91. The maximum absolute atomic E-state index is 11.6. The lowest BCUT2D eigenvalue weighted by molar-refractivity contribution is -0.159. The Labute approximate surface area is 125 Å². The number of carbonyl (C=O) groups is 3. The molecule has 0 amide bonds. The van der Waals surface area contributed by atoms with Crippen LogP contribution in [0.1, 0.15) is 40.5 Å². The van der Waals surface area contributed by atoms with Gasteiger partial charge in [0, 0.05) is 5.57 Å². The molecule has 0 aliphatic rings. The third-order valence-corrected chi connectivity index (χ3v) is 2.90. The summed E-state index contributed by atoms with van der Waals surface area (Å²) in [7, 11) is 0. The number of rotatable bonds is 9. The van der Waals surface area contributed by atoms with Crippen LogP contribution in [0, 0.1) is 5.41 Å². The van der Waals surface area contributed by atoms with Crippen LogP contribution in [-0.4, -0.2) is 37.7 Å². The molecule has 120 valence electrons. The van der Waals surface area contributed by atoms with Crippen LogP contribution < -0.4 is 0 Å². The number of esters is 3. The molecule has 0 rings (SSSR count). The van der Waals surface area contributed by atoms with E-state index in [1.165, 1.54) is 6.92 Å². The van der Waals surface area contributed by atoms with Crippen molar-refractivity contribution in [1.29, 1.82) is 0 Å². The zero-order valence-electron chi connectivity index (χ0n) is 13.2. The van der Waals surface area contributed by atoms with Gasteiger partial charge >= 0.3 is 17.9 Å². The number of hydrogen-bond donors (Lipinski definition) is 0. The topological polar surface area (TPSA) is 78.9 Å². The van der Waals surface area contributed by atoms with Crippen molar-refractivity contribution in [2.75, 3.05) is 19.8 Å². The lowest BCUT2D eigenvalue weighted by Gasteiger charge is -2.20. The van der Waals surface area contributed by atoms with Gasteiger partial charge in [-0.25, -0.2) is 4.79 Å². The van der Waals surface area contributed by atoms with Crippen LogP contribution in [0.3, 0.4) is 0 Å². The van der Waals surface area contributed by atoms with Gasteiger partial charge in [0.05, 0.1) is 11.8 Å². The minimum absolute atomic E-state index is 0.0134. The molecule has 0 aromatic rings. The van der Waals surface area contributed by atoms with E-state index in [0.717, 1.165) is 0 Å². The summed E-state index contributed by atoms with van der Waals surface area (Å²) in [5.41, 5.74) is -0.269. The average Bonchev–Trinajstić information content (AvgIpc) is 2.42.